The summed E-state index contributed by atoms with van der Waals surface area (Å²) in [5.41, 5.74) is 0.779. The second kappa shape index (κ2) is 7.95. The third-order valence-corrected chi connectivity index (χ3v) is 3.33. The minimum absolute atomic E-state index is 0.117. The Morgan fingerprint density at radius 3 is 2.48 bits per heavy atom. The van der Waals surface area contributed by atoms with Gasteiger partial charge in [0.05, 0.1) is 0 Å². The van der Waals surface area contributed by atoms with Crippen LogP contribution in [0.1, 0.15) is 52.4 Å². The van der Waals surface area contributed by atoms with Crippen LogP contribution in [0, 0.1) is 12.8 Å². The summed E-state index contributed by atoms with van der Waals surface area (Å²) in [5.74, 6) is 2.16. The van der Waals surface area contributed by atoms with Crippen molar-refractivity contribution in [2.45, 2.75) is 53.4 Å². The molecule has 0 aliphatic rings. The van der Waals surface area contributed by atoms with Gasteiger partial charge in [0.25, 0.3) is 0 Å². The fourth-order valence-corrected chi connectivity index (χ4v) is 1.87. The number of aromatic nitrogens is 2. The number of halogens is 1. The Kier molecular flexibility index (Phi) is 6.88. The minimum atomic E-state index is -0.117. The lowest BCUT2D eigenvalue weighted by atomic mass is 9.95. The van der Waals surface area contributed by atoms with Crippen molar-refractivity contribution in [3.8, 4) is 0 Å². The van der Waals surface area contributed by atoms with Gasteiger partial charge in [0.2, 0.25) is 0 Å². The first-order chi connectivity index (χ1) is 9.71. The summed E-state index contributed by atoms with van der Waals surface area (Å²) in [6.45, 7) is 14.9. The highest BCUT2D eigenvalue weighted by atomic mass is 35.5. The number of rotatable bonds is 7. The zero-order chi connectivity index (χ0) is 16.0. The molecule has 0 radical (unpaired) electrons. The van der Waals surface area contributed by atoms with Gasteiger partial charge in [-0.1, -0.05) is 46.2 Å². The molecule has 1 aromatic rings. The molecule has 4 nitrogen and oxygen atoms in total. The van der Waals surface area contributed by atoms with E-state index in [1.807, 2.05) is 6.92 Å². The Morgan fingerprint density at radius 1 is 1.24 bits per heavy atom. The lowest BCUT2D eigenvalue weighted by molar-refractivity contribution is 0.110. The highest BCUT2D eigenvalue weighted by molar-refractivity contribution is 6.30. The van der Waals surface area contributed by atoms with Crippen LogP contribution in [0.25, 0.3) is 0 Å². The van der Waals surface area contributed by atoms with E-state index in [1.165, 1.54) is 0 Å². The summed E-state index contributed by atoms with van der Waals surface area (Å²) in [5, 5.41) is 3.86. The molecule has 0 amide bonds. The molecule has 1 heterocycles. The van der Waals surface area contributed by atoms with Crippen LogP contribution in [0.3, 0.4) is 0 Å². The third-order valence-electron chi connectivity index (χ3n) is 2.97. The number of nitrogens with one attached hydrogen (secondary N) is 1. The first-order valence-corrected chi connectivity index (χ1v) is 7.96. The maximum absolute atomic E-state index is 6.21. The SMILES string of the molecule is Cc1c(Cl)nc(C(C)(C)C)nc1NCCCOCC(C)C. The Morgan fingerprint density at radius 2 is 1.90 bits per heavy atom. The third kappa shape index (κ3) is 6.18. The molecule has 0 fully saturated rings. The second-order valence-electron chi connectivity index (χ2n) is 6.81. The molecular formula is C16H28ClN3O. The quantitative estimate of drug-likeness (QED) is 0.605. The number of anilines is 1. The molecule has 21 heavy (non-hydrogen) atoms. The predicted molar refractivity (Wildman–Crippen MR) is 89.2 cm³/mol. The molecular weight excluding hydrogens is 286 g/mol. The van der Waals surface area contributed by atoms with Crippen LogP contribution in [-0.4, -0.2) is 29.7 Å². The summed E-state index contributed by atoms with van der Waals surface area (Å²) in [7, 11) is 0. The van der Waals surface area contributed by atoms with E-state index in [4.69, 9.17) is 16.3 Å². The first-order valence-electron chi connectivity index (χ1n) is 7.58. The van der Waals surface area contributed by atoms with Gasteiger partial charge < -0.3 is 10.1 Å². The fraction of sp³-hybridized carbons (Fsp3) is 0.750. The van der Waals surface area contributed by atoms with Gasteiger partial charge >= 0.3 is 0 Å². The molecule has 0 aliphatic carbocycles. The molecule has 1 aromatic heterocycles. The summed E-state index contributed by atoms with van der Waals surface area (Å²) >= 11 is 6.21. The van der Waals surface area contributed by atoms with Crippen molar-refractivity contribution in [1.29, 1.82) is 0 Å². The molecule has 0 atom stereocenters. The van der Waals surface area contributed by atoms with E-state index in [2.05, 4.69) is 49.9 Å². The fourth-order valence-electron chi connectivity index (χ4n) is 1.70. The highest BCUT2D eigenvalue weighted by Crippen LogP contribution is 2.25. The summed E-state index contributed by atoms with van der Waals surface area (Å²) in [6.07, 6.45) is 0.943. The van der Waals surface area contributed by atoms with Crippen LogP contribution in [0.4, 0.5) is 5.82 Å². The second-order valence-corrected chi connectivity index (χ2v) is 7.17. The molecule has 0 unspecified atom stereocenters. The van der Waals surface area contributed by atoms with Gasteiger partial charge in [-0.2, -0.15) is 0 Å². The molecule has 0 aromatic carbocycles. The van der Waals surface area contributed by atoms with E-state index in [1.54, 1.807) is 0 Å². The van der Waals surface area contributed by atoms with Crippen LogP contribution in [0.5, 0.6) is 0 Å². The average molecular weight is 314 g/mol. The van der Waals surface area contributed by atoms with Crippen LogP contribution in [-0.2, 0) is 10.2 Å². The molecule has 0 spiro atoms. The van der Waals surface area contributed by atoms with E-state index in [9.17, 15) is 0 Å². The number of ether oxygens (including phenoxy) is 1. The first kappa shape index (κ1) is 18.2. The van der Waals surface area contributed by atoms with Crippen molar-refractivity contribution in [3.05, 3.63) is 16.5 Å². The van der Waals surface area contributed by atoms with Crippen molar-refractivity contribution in [1.82, 2.24) is 9.97 Å². The molecule has 0 bridgehead atoms. The smallest absolute Gasteiger partial charge is 0.137 e. The van der Waals surface area contributed by atoms with Crippen molar-refractivity contribution in [2.75, 3.05) is 25.1 Å². The standard InChI is InChI=1S/C16H28ClN3O/c1-11(2)10-21-9-7-8-18-14-12(3)13(17)19-15(20-14)16(4,5)6/h11H,7-10H2,1-6H3,(H,18,19,20). The zero-order valence-corrected chi connectivity index (χ0v) is 14.8. The predicted octanol–water partition coefficient (Wildman–Crippen LogP) is 4.21. The molecule has 0 saturated heterocycles. The van der Waals surface area contributed by atoms with Crippen molar-refractivity contribution in [2.24, 2.45) is 5.92 Å². The van der Waals surface area contributed by atoms with Crippen molar-refractivity contribution < 1.29 is 4.74 Å². The van der Waals surface area contributed by atoms with Gasteiger partial charge in [0, 0.05) is 30.7 Å². The summed E-state index contributed by atoms with van der Waals surface area (Å²) < 4.78 is 5.57. The number of hydrogen-bond donors (Lipinski definition) is 1. The van der Waals surface area contributed by atoms with E-state index < -0.39 is 0 Å². The van der Waals surface area contributed by atoms with Gasteiger partial charge in [0.1, 0.15) is 16.8 Å². The molecule has 0 saturated carbocycles. The van der Waals surface area contributed by atoms with Crippen LogP contribution < -0.4 is 5.32 Å². The van der Waals surface area contributed by atoms with Gasteiger partial charge in [-0.05, 0) is 19.3 Å². The van der Waals surface area contributed by atoms with E-state index in [0.717, 1.165) is 43.4 Å². The van der Waals surface area contributed by atoms with Gasteiger partial charge in [-0.15, -0.1) is 0 Å². The largest absolute Gasteiger partial charge is 0.381 e. The minimum Gasteiger partial charge on any atom is -0.381 e. The van der Waals surface area contributed by atoms with Gasteiger partial charge in [-0.3, -0.25) is 0 Å². The Labute approximate surface area is 133 Å². The molecule has 1 N–H and O–H groups in total. The molecule has 1 rings (SSSR count). The van der Waals surface area contributed by atoms with Crippen molar-refractivity contribution in [3.63, 3.8) is 0 Å². The van der Waals surface area contributed by atoms with E-state index >= 15 is 0 Å². The van der Waals surface area contributed by atoms with Crippen molar-refractivity contribution >= 4 is 17.4 Å². The Balaban J connectivity index is 2.56. The summed E-state index contributed by atoms with van der Waals surface area (Å²) in [6, 6.07) is 0. The van der Waals surface area contributed by atoms with Gasteiger partial charge in [-0.25, -0.2) is 9.97 Å². The zero-order valence-electron chi connectivity index (χ0n) is 14.1. The highest BCUT2D eigenvalue weighted by Gasteiger charge is 2.20. The maximum Gasteiger partial charge on any atom is 0.137 e. The van der Waals surface area contributed by atoms with E-state index in [-0.39, 0.29) is 5.41 Å². The maximum atomic E-state index is 6.21. The Hall–Kier alpha value is -0.870. The average Bonchev–Trinajstić information content (AvgIpc) is 2.36. The van der Waals surface area contributed by atoms with Crippen LogP contribution in [0.2, 0.25) is 5.15 Å². The van der Waals surface area contributed by atoms with E-state index in [0.29, 0.717) is 11.1 Å². The molecule has 5 heteroatoms. The monoisotopic (exact) mass is 313 g/mol. The van der Waals surface area contributed by atoms with Crippen LogP contribution in [0.15, 0.2) is 0 Å². The number of hydrogen-bond acceptors (Lipinski definition) is 4. The normalized spacial score (nSPS) is 12.0. The summed E-state index contributed by atoms with van der Waals surface area (Å²) in [4.78, 5) is 8.97. The lowest BCUT2D eigenvalue weighted by Crippen LogP contribution is -2.19. The molecule has 0 aliphatic heterocycles. The Bertz CT molecular complexity index is 456. The molecule has 120 valence electrons. The van der Waals surface area contributed by atoms with Crippen LogP contribution >= 0.6 is 11.6 Å². The van der Waals surface area contributed by atoms with Gasteiger partial charge in [0.15, 0.2) is 0 Å². The lowest BCUT2D eigenvalue weighted by Gasteiger charge is -2.19. The number of nitrogens with zero attached hydrogens (tertiary/aromatic N) is 2. The topological polar surface area (TPSA) is 47.0 Å².